The predicted octanol–water partition coefficient (Wildman–Crippen LogP) is 4.26. The van der Waals surface area contributed by atoms with Crippen molar-refractivity contribution in [2.24, 2.45) is 0 Å². The Bertz CT molecular complexity index is 1100. The summed E-state index contributed by atoms with van der Waals surface area (Å²) in [6, 6.07) is 13.3. The maximum Gasteiger partial charge on any atom is 0.262 e. The number of thioether (sulfide) groups is 1. The van der Waals surface area contributed by atoms with Gasteiger partial charge in [-0.1, -0.05) is 36.0 Å². The van der Waals surface area contributed by atoms with E-state index in [-0.39, 0.29) is 23.3 Å². The van der Waals surface area contributed by atoms with Crippen LogP contribution >= 0.6 is 11.8 Å². The topological polar surface area (TPSA) is 55.2 Å². The first-order chi connectivity index (χ1) is 13.8. The molecular formula is C22H24FN3O2S. The van der Waals surface area contributed by atoms with E-state index < -0.39 is 5.25 Å². The van der Waals surface area contributed by atoms with Crippen molar-refractivity contribution in [3.05, 3.63) is 70.3 Å². The second kappa shape index (κ2) is 8.78. The average molecular weight is 414 g/mol. The molecule has 1 unspecified atom stereocenters. The largest absolute Gasteiger partial charge is 0.340 e. The molecule has 0 saturated carbocycles. The van der Waals surface area contributed by atoms with Gasteiger partial charge in [-0.25, -0.2) is 9.37 Å². The molecule has 0 radical (unpaired) electrons. The number of hydrogen-bond donors (Lipinski definition) is 0. The minimum absolute atomic E-state index is 0.0885. The molecule has 3 rings (SSSR count). The number of para-hydroxylation sites is 1. The lowest BCUT2D eigenvalue weighted by molar-refractivity contribution is -0.129. The van der Waals surface area contributed by atoms with Crippen molar-refractivity contribution in [2.45, 2.75) is 43.8 Å². The predicted molar refractivity (Wildman–Crippen MR) is 115 cm³/mol. The summed E-state index contributed by atoms with van der Waals surface area (Å²) in [5, 5.41) is 0.628. The van der Waals surface area contributed by atoms with Gasteiger partial charge in [-0.05, 0) is 50.6 Å². The lowest BCUT2D eigenvalue weighted by Crippen LogP contribution is -2.33. The SMILES string of the molecule is CC(Sc1nc2ccccc2c(=O)n1C(C)C)C(=O)N(C)Cc1cccc(F)c1. The highest BCUT2D eigenvalue weighted by atomic mass is 32.2. The smallest absolute Gasteiger partial charge is 0.262 e. The lowest BCUT2D eigenvalue weighted by atomic mass is 10.2. The Kier molecular flexibility index (Phi) is 6.37. The zero-order valence-corrected chi connectivity index (χ0v) is 17.7. The molecule has 0 fully saturated rings. The summed E-state index contributed by atoms with van der Waals surface area (Å²) in [5.41, 5.74) is 1.23. The van der Waals surface area contributed by atoms with Gasteiger partial charge in [0.05, 0.1) is 16.2 Å². The highest BCUT2D eigenvalue weighted by molar-refractivity contribution is 8.00. The Labute approximate surface area is 173 Å². The minimum Gasteiger partial charge on any atom is -0.340 e. The molecule has 1 heterocycles. The van der Waals surface area contributed by atoms with Crippen molar-refractivity contribution in [3.63, 3.8) is 0 Å². The zero-order valence-electron chi connectivity index (χ0n) is 16.9. The van der Waals surface area contributed by atoms with Gasteiger partial charge >= 0.3 is 0 Å². The molecule has 3 aromatic rings. The van der Waals surface area contributed by atoms with Crippen LogP contribution < -0.4 is 5.56 Å². The van der Waals surface area contributed by atoms with Gasteiger partial charge in [0.2, 0.25) is 5.91 Å². The highest BCUT2D eigenvalue weighted by Crippen LogP contribution is 2.26. The molecular weight excluding hydrogens is 389 g/mol. The van der Waals surface area contributed by atoms with Crippen LogP contribution in [0, 0.1) is 5.82 Å². The van der Waals surface area contributed by atoms with Crippen LogP contribution in [0.2, 0.25) is 0 Å². The molecule has 5 nitrogen and oxygen atoms in total. The fourth-order valence-corrected chi connectivity index (χ4v) is 4.33. The quantitative estimate of drug-likeness (QED) is 0.448. The van der Waals surface area contributed by atoms with Crippen LogP contribution in [0.1, 0.15) is 32.4 Å². The van der Waals surface area contributed by atoms with Gasteiger partial charge in [-0.3, -0.25) is 14.2 Å². The molecule has 0 aliphatic heterocycles. The highest BCUT2D eigenvalue weighted by Gasteiger charge is 2.23. The van der Waals surface area contributed by atoms with Crippen molar-refractivity contribution in [1.82, 2.24) is 14.5 Å². The van der Waals surface area contributed by atoms with Crippen LogP contribution in [0.5, 0.6) is 0 Å². The first-order valence-electron chi connectivity index (χ1n) is 9.45. The second-order valence-electron chi connectivity index (χ2n) is 7.26. The first kappa shape index (κ1) is 21.0. The zero-order chi connectivity index (χ0) is 21.1. The minimum atomic E-state index is -0.452. The molecule has 0 aliphatic carbocycles. The first-order valence-corrected chi connectivity index (χ1v) is 10.3. The Hall–Kier alpha value is -2.67. The second-order valence-corrected chi connectivity index (χ2v) is 8.57. The number of carbonyl (C=O) groups excluding carboxylic acids is 1. The van der Waals surface area contributed by atoms with Crippen molar-refractivity contribution in [1.29, 1.82) is 0 Å². The molecule has 0 bridgehead atoms. The van der Waals surface area contributed by atoms with Gasteiger partial charge in [0.25, 0.3) is 5.56 Å². The fourth-order valence-electron chi connectivity index (χ4n) is 3.17. The van der Waals surface area contributed by atoms with E-state index in [1.165, 1.54) is 23.9 Å². The molecule has 152 valence electrons. The third-order valence-electron chi connectivity index (χ3n) is 4.61. The Morgan fingerprint density at radius 2 is 1.90 bits per heavy atom. The van der Waals surface area contributed by atoms with Gasteiger partial charge < -0.3 is 4.90 Å². The van der Waals surface area contributed by atoms with Gasteiger partial charge in [-0.15, -0.1) is 0 Å². The third kappa shape index (κ3) is 4.67. The summed E-state index contributed by atoms with van der Waals surface area (Å²) in [5.74, 6) is -0.441. The van der Waals surface area contributed by atoms with E-state index in [9.17, 15) is 14.0 Å². The Morgan fingerprint density at radius 1 is 1.17 bits per heavy atom. The molecule has 29 heavy (non-hydrogen) atoms. The summed E-state index contributed by atoms with van der Waals surface area (Å²) in [6.45, 7) is 5.94. The van der Waals surface area contributed by atoms with Crippen LogP contribution in [0.4, 0.5) is 4.39 Å². The number of fused-ring (bicyclic) bond motifs is 1. The van der Waals surface area contributed by atoms with Crippen molar-refractivity contribution >= 4 is 28.6 Å². The lowest BCUT2D eigenvalue weighted by Gasteiger charge is -2.23. The standard InChI is InChI=1S/C22H24FN3O2S/c1-14(2)26-21(28)18-10-5-6-11-19(18)24-22(26)29-15(3)20(27)25(4)13-16-8-7-9-17(23)12-16/h5-12,14-15H,13H2,1-4H3. The number of nitrogens with zero attached hydrogens (tertiary/aromatic N) is 3. The van der Waals surface area contributed by atoms with E-state index in [0.29, 0.717) is 22.6 Å². The molecule has 0 aliphatic rings. The van der Waals surface area contributed by atoms with E-state index in [1.807, 2.05) is 26.0 Å². The Morgan fingerprint density at radius 3 is 2.59 bits per heavy atom. The monoisotopic (exact) mass is 413 g/mol. The van der Waals surface area contributed by atoms with Crippen LogP contribution in [0.3, 0.4) is 0 Å². The third-order valence-corrected chi connectivity index (χ3v) is 5.66. The number of benzene rings is 2. The maximum absolute atomic E-state index is 13.4. The summed E-state index contributed by atoms with van der Waals surface area (Å²) >= 11 is 1.26. The van der Waals surface area contributed by atoms with Crippen molar-refractivity contribution in [2.75, 3.05) is 7.05 Å². The number of hydrogen-bond acceptors (Lipinski definition) is 4. The van der Waals surface area contributed by atoms with Crippen molar-refractivity contribution < 1.29 is 9.18 Å². The van der Waals surface area contributed by atoms with Crippen LogP contribution in [-0.2, 0) is 11.3 Å². The summed E-state index contributed by atoms with van der Waals surface area (Å²) in [7, 11) is 1.69. The van der Waals surface area contributed by atoms with Gasteiger partial charge in [-0.2, -0.15) is 0 Å². The average Bonchev–Trinajstić information content (AvgIpc) is 2.67. The van der Waals surface area contributed by atoms with Gasteiger partial charge in [0.15, 0.2) is 5.16 Å². The van der Waals surface area contributed by atoms with E-state index in [4.69, 9.17) is 0 Å². The van der Waals surface area contributed by atoms with Gasteiger partial charge in [0, 0.05) is 19.6 Å². The molecule has 1 aromatic heterocycles. The number of rotatable bonds is 6. The number of aromatic nitrogens is 2. The number of carbonyl (C=O) groups is 1. The van der Waals surface area contributed by atoms with Crippen LogP contribution in [0.25, 0.3) is 10.9 Å². The Balaban J connectivity index is 1.84. The summed E-state index contributed by atoms with van der Waals surface area (Å²) < 4.78 is 15.0. The van der Waals surface area contributed by atoms with E-state index in [0.717, 1.165) is 5.56 Å². The number of amides is 1. The van der Waals surface area contributed by atoms with E-state index >= 15 is 0 Å². The molecule has 0 spiro atoms. The van der Waals surface area contributed by atoms with Gasteiger partial charge in [0.1, 0.15) is 5.82 Å². The maximum atomic E-state index is 13.4. The fraction of sp³-hybridized carbons (Fsp3) is 0.318. The van der Waals surface area contributed by atoms with Crippen LogP contribution in [0.15, 0.2) is 58.5 Å². The van der Waals surface area contributed by atoms with Crippen LogP contribution in [-0.4, -0.2) is 32.7 Å². The summed E-state index contributed by atoms with van der Waals surface area (Å²) in [6.07, 6.45) is 0. The van der Waals surface area contributed by atoms with E-state index in [2.05, 4.69) is 4.98 Å². The van der Waals surface area contributed by atoms with Crippen molar-refractivity contribution in [3.8, 4) is 0 Å². The molecule has 0 saturated heterocycles. The molecule has 1 atom stereocenters. The summed E-state index contributed by atoms with van der Waals surface area (Å²) in [4.78, 5) is 32.0. The molecule has 2 aromatic carbocycles. The number of halogens is 1. The van der Waals surface area contributed by atoms with E-state index in [1.54, 1.807) is 47.7 Å². The molecule has 1 amide bonds. The molecule has 0 N–H and O–H groups in total. The normalized spacial score (nSPS) is 12.3. The molecule has 7 heteroatoms.